The van der Waals surface area contributed by atoms with Crippen molar-refractivity contribution in [1.29, 1.82) is 5.26 Å². The van der Waals surface area contributed by atoms with E-state index in [4.69, 9.17) is 16.3 Å². The Kier molecular flexibility index (Phi) is 5.00. The summed E-state index contributed by atoms with van der Waals surface area (Å²) in [6, 6.07) is 8.05. The van der Waals surface area contributed by atoms with Crippen molar-refractivity contribution in [3.8, 4) is 6.07 Å². The third kappa shape index (κ3) is 3.28. The molecule has 0 unspecified atom stereocenters. The Morgan fingerprint density at radius 2 is 2.27 bits per heavy atom. The minimum absolute atomic E-state index is 0.175. The first-order valence-electron chi connectivity index (χ1n) is 7.87. The molecule has 2 saturated heterocycles. The number of aliphatic hydroxyl groups is 1. The summed E-state index contributed by atoms with van der Waals surface area (Å²) in [6.45, 7) is 3.02. The molecule has 0 spiro atoms. The zero-order valence-corrected chi connectivity index (χ0v) is 13.3. The van der Waals surface area contributed by atoms with E-state index in [0.717, 1.165) is 37.9 Å². The van der Waals surface area contributed by atoms with Gasteiger partial charge in [0.1, 0.15) is 0 Å². The number of nitrogens with zero attached hydrogens (tertiary/aromatic N) is 2. The predicted molar refractivity (Wildman–Crippen MR) is 84.5 cm³/mol. The SMILES string of the molecule is N#Cc1cc(Cl)ccc1CN1CCC[C@@H]1[C@H]1COCC[C@H]1O. The molecule has 118 valence electrons. The summed E-state index contributed by atoms with van der Waals surface area (Å²) < 4.78 is 5.57. The van der Waals surface area contributed by atoms with E-state index >= 15 is 0 Å². The summed E-state index contributed by atoms with van der Waals surface area (Å²) in [5.74, 6) is 0.175. The molecule has 1 aromatic rings. The van der Waals surface area contributed by atoms with Crippen LogP contribution in [0.5, 0.6) is 0 Å². The zero-order chi connectivity index (χ0) is 15.5. The van der Waals surface area contributed by atoms with Crippen LogP contribution in [-0.2, 0) is 11.3 Å². The highest BCUT2D eigenvalue weighted by molar-refractivity contribution is 6.30. The molecule has 0 amide bonds. The van der Waals surface area contributed by atoms with Gasteiger partial charge in [-0.25, -0.2) is 0 Å². The van der Waals surface area contributed by atoms with Gasteiger partial charge in [-0.3, -0.25) is 4.90 Å². The largest absolute Gasteiger partial charge is 0.393 e. The summed E-state index contributed by atoms with van der Waals surface area (Å²) >= 11 is 5.97. The number of halogens is 1. The number of aliphatic hydroxyl groups excluding tert-OH is 1. The molecular weight excluding hydrogens is 300 g/mol. The van der Waals surface area contributed by atoms with Crippen LogP contribution in [0.25, 0.3) is 0 Å². The zero-order valence-electron chi connectivity index (χ0n) is 12.5. The summed E-state index contributed by atoms with van der Waals surface area (Å²) in [5, 5.41) is 20.2. The second-order valence-corrected chi connectivity index (χ2v) is 6.62. The monoisotopic (exact) mass is 320 g/mol. The van der Waals surface area contributed by atoms with Gasteiger partial charge in [0, 0.05) is 30.1 Å². The Labute approximate surface area is 136 Å². The highest BCUT2D eigenvalue weighted by atomic mass is 35.5. The fraction of sp³-hybridized carbons (Fsp3) is 0.588. The van der Waals surface area contributed by atoms with Crippen molar-refractivity contribution in [3.63, 3.8) is 0 Å². The van der Waals surface area contributed by atoms with Crippen molar-refractivity contribution in [2.75, 3.05) is 19.8 Å². The molecule has 3 atom stereocenters. The molecule has 3 rings (SSSR count). The fourth-order valence-electron chi connectivity index (χ4n) is 3.66. The molecule has 0 aliphatic carbocycles. The van der Waals surface area contributed by atoms with E-state index in [2.05, 4.69) is 11.0 Å². The second-order valence-electron chi connectivity index (χ2n) is 6.19. The second kappa shape index (κ2) is 6.97. The standard InChI is InChI=1S/C17H21ClN2O2/c18-14-4-3-12(13(8-14)9-19)10-20-6-1-2-16(20)15-11-22-7-5-17(15)21/h3-4,8,15-17,21H,1-2,5-7,10-11H2/t15-,16-,17-/m1/s1. The van der Waals surface area contributed by atoms with Gasteiger partial charge in [0.15, 0.2) is 0 Å². The fourth-order valence-corrected chi connectivity index (χ4v) is 3.83. The molecule has 1 aromatic carbocycles. The molecule has 0 saturated carbocycles. The quantitative estimate of drug-likeness (QED) is 0.930. The molecule has 2 aliphatic rings. The molecule has 0 aromatic heterocycles. The molecule has 0 bridgehead atoms. The number of hydrogen-bond donors (Lipinski definition) is 1. The molecule has 2 aliphatic heterocycles. The van der Waals surface area contributed by atoms with Gasteiger partial charge in [0.2, 0.25) is 0 Å². The van der Waals surface area contributed by atoms with Gasteiger partial charge >= 0.3 is 0 Å². The van der Waals surface area contributed by atoms with E-state index in [1.807, 2.05) is 12.1 Å². The minimum atomic E-state index is -0.278. The Hall–Kier alpha value is -1.12. The first kappa shape index (κ1) is 15.8. The van der Waals surface area contributed by atoms with Crippen molar-refractivity contribution < 1.29 is 9.84 Å². The Morgan fingerprint density at radius 3 is 3.05 bits per heavy atom. The van der Waals surface area contributed by atoms with Gasteiger partial charge in [-0.2, -0.15) is 5.26 Å². The molecule has 2 fully saturated rings. The molecule has 4 nitrogen and oxygen atoms in total. The first-order valence-corrected chi connectivity index (χ1v) is 8.25. The van der Waals surface area contributed by atoms with Crippen LogP contribution in [0.1, 0.15) is 30.4 Å². The number of benzene rings is 1. The van der Waals surface area contributed by atoms with Crippen molar-refractivity contribution in [1.82, 2.24) is 4.90 Å². The molecule has 0 radical (unpaired) electrons. The van der Waals surface area contributed by atoms with E-state index in [0.29, 0.717) is 29.8 Å². The highest BCUT2D eigenvalue weighted by Gasteiger charge is 2.37. The van der Waals surface area contributed by atoms with E-state index in [1.54, 1.807) is 6.07 Å². The average Bonchev–Trinajstić information content (AvgIpc) is 2.97. The van der Waals surface area contributed by atoms with Gasteiger partial charge in [0.05, 0.1) is 24.3 Å². The van der Waals surface area contributed by atoms with Gasteiger partial charge < -0.3 is 9.84 Å². The number of rotatable bonds is 3. The highest BCUT2D eigenvalue weighted by Crippen LogP contribution is 2.31. The maximum absolute atomic E-state index is 10.3. The lowest BCUT2D eigenvalue weighted by atomic mass is 9.89. The average molecular weight is 321 g/mol. The third-order valence-electron chi connectivity index (χ3n) is 4.84. The number of ether oxygens (including phenoxy) is 1. The van der Waals surface area contributed by atoms with Crippen LogP contribution < -0.4 is 0 Å². The van der Waals surface area contributed by atoms with Crippen LogP contribution >= 0.6 is 11.6 Å². The van der Waals surface area contributed by atoms with Crippen LogP contribution in [0.3, 0.4) is 0 Å². The van der Waals surface area contributed by atoms with Crippen molar-refractivity contribution in [2.24, 2.45) is 5.92 Å². The van der Waals surface area contributed by atoms with Crippen LogP contribution in [-0.4, -0.2) is 41.9 Å². The summed E-state index contributed by atoms with van der Waals surface area (Å²) in [7, 11) is 0. The van der Waals surface area contributed by atoms with E-state index in [9.17, 15) is 10.4 Å². The van der Waals surface area contributed by atoms with E-state index < -0.39 is 0 Å². The smallest absolute Gasteiger partial charge is 0.0995 e. The lowest BCUT2D eigenvalue weighted by molar-refractivity contribution is -0.0636. The number of nitriles is 1. The van der Waals surface area contributed by atoms with Gasteiger partial charge in [-0.15, -0.1) is 0 Å². The summed E-state index contributed by atoms with van der Waals surface area (Å²) in [4.78, 5) is 2.38. The van der Waals surface area contributed by atoms with Crippen LogP contribution in [0.2, 0.25) is 5.02 Å². The number of likely N-dealkylation sites (tertiary alicyclic amines) is 1. The number of hydrogen-bond acceptors (Lipinski definition) is 4. The van der Waals surface area contributed by atoms with E-state index in [-0.39, 0.29) is 12.0 Å². The van der Waals surface area contributed by atoms with Crippen molar-refractivity contribution in [3.05, 3.63) is 34.3 Å². The third-order valence-corrected chi connectivity index (χ3v) is 5.07. The minimum Gasteiger partial charge on any atom is -0.393 e. The Bertz CT molecular complexity index is 572. The first-order chi connectivity index (χ1) is 10.7. The predicted octanol–water partition coefficient (Wildman–Crippen LogP) is 2.57. The molecule has 22 heavy (non-hydrogen) atoms. The summed E-state index contributed by atoms with van der Waals surface area (Å²) in [5.41, 5.74) is 1.64. The van der Waals surface area contributed by atoms with Crippen LogP contribution in [0.4, 0.5) is 0 Å². The van der Waals surface area contributed by atoms with Crippen molar-refractivity contribution in [2.45, 2.75) is 38.0 Å². The molecule has 5 heteroatoms. The lowest BCUT2D eigenvalue weighted by Crippen LogP contribution is -2.45. The normalized spacial score (nSPS) is 29.4. The van der Waals surface area contributed by atoms with Crippen molar-refractivity contribution >= 4 is 11.6 Å². The van der Waals surface area contributed by atoms with Gasteiger partial charge in [-0.1, -0.05) is 17.7 Å². The molecular formula is C17H21ClN2O2. The topological polar surface area (TPSA) is 56.5 Å². The van der Waals surface area contributed by atoms with Gasteiger partial charge in [0.25, 0.3) is 0 Å². The maximum Gasteiger partial charge on any atom is 0.0995 e. The van der Waals surface area contributed by atoms with E-state index in [1.165, 1.54) is 0 Å². The lowest BCUT2D eigenvalue weighted by Gasteiger charge is -2.37. The van der Waals surface area contributed by atoms with Crippen LogP contribution in [0.15, 0.2) is 18.2 Å². The molecule has 1 N–H and O–H groups in total. The summed E-state index contributed by atoms with van der Waals surface area (Å²) in [6.07, 6.45) is 2.66. The Morgan fingerprint density at radius 1 is 1.41 bits per heavy atom. The van der Waals surface area contributed by atoms with Crippen LogP contribution in [0, 0.1) is 17.2 Å². The maximum atomic E-state index is 10.3. The Balaban J connectivity index is 1.75. The molecule has 2 heterocycles. The van der Waals surface area contributed by atoms with Gasteiger partial charge in [-0.05, 0) is 43.5 Å².